The molecule has 1 saturated heterocycles. The van der Waals surface area contributed by atoms with Crippen LogP contribution in [0.5, 0.6) is 0 Å². The minimum Gasteiger partial charge on any atom is -0.317 e. The molecule has 1 fully saturated rings. The van der Waals surface area contributed by atoms with E-state index < -0.39 is 17.8 Å². The van der Waals surface area contributed by atoms with Crippen molar-refractivity contribution in [2.24, 2.45) is 0 Å². The molecule has 0 aliphatic carbocycles. The van der Waals surface area contributed by atoms with Gasteiger partial charge >= 0.3 is 6.03 Å². The van der Waals surface area contributed by atoms with Crippen LogP contribution in [0.3, 0.4) is 0 Å². The number of rotatable bonds is 3. The molecule has 0 atom stereocenters. The lowest BCUT2D eigenvalue weighted by Crippen LogP contribution is -2.54. The number of nitrogens with one attached hydrogen (secondary N) is 1. The summed E-state index contributed by atoms with van der Waals surface area (Å²) in [7, 11) is 0. The van der Waals surface area contributed by atoms with Gasteiger partial charge in [0.2, 0.25) is 0 Å². The first-order valence-electron chi connectivity index (χ1n) is 10.1. The standard InChI is InChI=1S/C25H22ClN3O3/c1-14-6-5-7-15(2)22(14)28-16(3)12-18(17(28)4)13-21-23(30)27-25(32)29(24(21)31)20-10-8-19(26)9-11-20/h5-13H,1-4H3,(H,27,30,32)/b21-13+. The number of carbonyl (C=O) groups is 3. The molecule has 1 aliphatic heterocycles. The summed E-state index contributed by atoms with van der Waals surface area (Å²) < 4.78 is 2.12. The summed E-state index contributed by atoms with van der Waals surface area (Å²) >= 11 is 5.92. The van der Waals surface area contributed by atoms with Crippen molar-refractivity contribution in [1.29, 1.82) is 0 Å². The monoisotopic (exact) mass is 447 g/mol. The Kier molecular flexibility index (Phi) is 5.48. The van der Waals surface area contributed by atoms with Gasteiger partial charge in [0, 0.05) is 16.4 Å². The molecule has 0 radical (unpaired) electrons. The second-order valence-corrected chi connectivity index (χ2v) is 8.27. The van der Waals surface area contributed by atoms with Crippen LogP contribution in [0, 0.1) is 27.7 Å². The number of aromatic nitrogens is 1. The fourth-order valence-electron chi connectivity index (χ4n) is 4.07. The fourth-order valence-corrected chi connectivity index (χ4v) is 4.20. The first kappa shape index (κ1) is 21.6. The average molecular weight is 448 g/mol. The van der Waals surface area contributed by atoms with Gasteiger partial charge in [0.1, 0.15) is 5.57 Å². The molecule has 3 aromatic rings. The van der Waals surface area contributed by atoms with E-state index in [0.717, 1.165) is 38.7 Å². The smallest absolute Gasteiger partial charge is 0.317 e. The van der Waals surface area contributed by atoms with Gasteiger partial charge in [-0.05, 0) is 80.8 Å². The summed E-state index contributed by atoms with van der Waals surface area (Å²) in [5, 5.41) is 2.73. The summed E-state index contributed by atoms with van der Waals surface area (Å²) in [5.74, 6) is -1.40. The third-order valence-electron chi connectivity index (χ3n) is 5.62. The topological polar surface area (TPSA) is 71.4 Å². The van der Waals surface area contributed by atoms with Gasteiger partial charge in [0.25, 0.3) is 11.8 Å². The number of amides is 4. The van der Waals surface area contributed by atoms with Crippen molar-refractivity contribution in [3.63, 3.8) is 0 Å². The minimum absolute atomic E-state index is 0.110. The largest absolute Gasteiger partial charge is 0.335 e. The zero-order chi connectivity index (χ0) is 23.2. The van der Waals surface area contributed by atoms with Crippen molar-refractivity contribution in [3.05, 3.63) is 87.2 Å². The molecule has 1 aliphatic rings. The lowest BCUT2D eigenvalue weighted by Gasteiger charge is -2.26. The number of hydrogen-bond donors (Lipinski definition) is 1. The Labute approximate surface area is 191 Å². The highest BCUT2D eigenvalue weighted by molar-refractivity contribution is 6.39. The number of imide groups is 2. The van der Waals surface area contributed by atoms with Gasteiger partial charge in [0.05, 0.1) is 11.4 Å². The normalized spacial score (nSPS) is 15.5. The Hall–Kier alpha value is -3.64. The zero-order valence-corrected chi connectivity index (χ0v) is 18.9. The van der Waals surface area contributed by atoms with Gasteiger partial charge in [0.15, 0.2) is 0 Å². The van der Waals surface area contributed by atoms with E-state index in [9.17, 15) is 14.4 Å². The predicted octanol–water partition coefficient (Wildman–Crippen LogP) is 5.03. The number of aryl methyl sites for hydroxylation is 3. The highest BCUT2D eigenvalue weighted by Crippen LogP contribution is 2.29. The van der Waals surface area contributed by atoms with Crippen LogP contribution in [-0.4, -0.2) is 22.4 Å². The van der Waals surface area contributed by atoms with E-state index in [-0.39, 0.29) is 5.57 Å². The van der Waals surface area contributed by atoms with Crippen LogP contribution < -0.4 is 10.2 Å². The van der Waals surface area contributed by atoms with Crippen LogP contribution in [-0.2, 0) is 9.59 Å². The molecule has 1 N–H and O–H groups in total. The summed E-state index contributed by atoms with van der Waals surface area (Å²) in [4.78, 5) is 39.0. The van der Waals surface area contributed by atoms with Crippen LogP contribution in [0.25, 0.3) is 11.8 Å². The molecular weight excluding hydrogens is 426 g/mol. The van der Waals surface area contributed by atoms with Gasteiger partial charge in [-0.2, -0.15) is 0 Å². The highest BCUT2D eigenvalue weighted by Gasteiger charge is 2.37. The summed E-state index contributed by atoms with van der Waals surface area (Å²) in [6.07, 6.45) is 1.54. The zero-order valence-electron chi connectivity index (χ0n) is 18.2. The number of anilines is 1. The molecule has 0 saturated carbocycles. The molecule has 32 heavy (non-hydrogen) atoms. The van der Waals surface area contributed by atoms with Gasteiger partial charge < -0.3 is 4.57 Å². The summed E-state index contributed by atoms with van der Waals surface area (Å²) in [6, 6.07) is 13.5. The van der Waals surface area contributed by atoms with Crippen molar-refractivity contribution in [2.75, 3.05) is 4.90 Å². The van der Waals surface area contributed by atoms with Gasteiger partial charge in [-0.1, -0.05) is 29.8 Å². The molecular formula is C25H22ClN3O3. The van der Waals surface area contributed by atoms with Gasteiger partial charge in [-0.15, -0.1) is 0 Å². The summed E-state index contributed by atoms with van der Waals surface area (Å²) in [5.41, 5.74) is 6.13. The van der Waals surface area contributed by atoms with Crippen molar-refractivity contribution in [3.8, 4) is 5.69 Å². The Morgan fingerprint density at radius 2 is 1.53 bits per heavy atom. The number of hydrogen-bond acceptors (Lipinski definition) is 3. The van der Waals surface area contributed by atoms with Gasteiger partial charge in [-0.25, -0.2) is 9.69 Å². The van der Waals surface area contributed by atoms with Crippen LogP contribution in [0.15, 0.2) is 54.1 Å². The molecule has 162 valence electrons. The van der Waals surface area contributed by atoms with E-state index >= 15 is 0 Å². The van der Waals surface area contributed by atoms with E-state index in [0.29, 0.717) is 10.7 Å². The first-order valence-corrected chi connectivity index (χ1v) is 10.5. The highest BCUT2D eigenvalue weighted by atomic mass is 35.5. The molecule has 2 heterocycles. The van der Waals surface area contributed by atoms with Gasteiger partial charge in [-0.3, -0.25) is 14.9 Å². The Morgan fingerprint density at radius 3 is 2.16 bits per heavy atom. The van der Waals surface area contributed by atoms with Crippen molar-refractivity contribution in [2.45, 2.75) is 27.7 Å². The third kappa shape index (κ3) is 3.63. The van der Waals surface area contributed by atoms with E-state index in [2.05, 4.69) is 9.88 Å². The maximum Gasteiger partial charge on any atom is 0.335 e. The lowest BCUT2D eigenvalue weighted by molar-refractivity contribution is -0.122. The van der Waals surface area contributed by atoms with Crippen LogP contribution in [0.4, 0.5) is 10.5 Å². The number of halogens is 1. The second-order valence-electron chi connectivity index (χ2n) is 7.84. The Balaban J connectivity index is 1.79. The molecule has 4 rings (SSSR count). The van der Waals surface area contributed by atoms with Crippen LogP contribution in [0.1, 0.15) is 28.1 Å². The van der Waals surface area contributed by atoms with E-state index in [1.54, 1.807) is 30.3 Å². The molecule has 7 heteroatoms. The van der Waals surface area contributed by atoms with Crippen molar-refractivity contribution in [1.82, 2.24) is 9.88 Å². The number of benzene rings is 2. The number of barbiturate groups is 1. The lowest BCUT2D eigenvalue weighted by atomic mass is 10.1. The molecule has 1 aromatic heterocycles. The van der Waals surface area contributed by atoms with E-state index in [1.165, 1.54) is 0 Å². The SMILES string of the molecule is Cc1cccc(C)c1-n1c(C)cc(/C=C2\C(=O)NC(=O)N(c3ccc(Cl)cc3)C2=O)c1C. The first-order chi connectivity index (χ1) is 15.2. The summed E-state index contributed by atoms with van der Waals surface area (Å²) in [6.45, 7) is 8.02. The second kappa shape index (κ2) is 8.13. The number of para-hydroxylation sites is 1. The molecule has 4 amide bonds. The number of carbonyl (C=O) groups excluding carboxylic acids is 3. The molecule has 0 spiro atoms. The maximum absolute atomic E-state index is 13.2. The fraction of sp³-hybridized carbons (Fsp3) is 0.160. The Morgan fingerprint density at radius 1 is 0.906 bits per heavy atom. The molecule has 6 nitrogen and oxygen atoms in total. The number of nitrogens with zero attached hydrogens (tertiary/aromatic N) is 2. The van der Waals surface area contributed by atoms with Crippen molar-refractivity contribution < 1.29 is 14.4 Å². The predicted molar refractivity (Wildman–Crippen MR) is 125 cm³/mol. The molecule has 0 bridgehead atoms. The van der Waals surface area contributed by atoms with Crippen molar-refractivity contribution >= 4 is 41.2 Å². The van der Waals surface area contributed by atoms with E-state index in [4.69, 9.17) is 11.6 Å². The quantitative estimate of drug-likeness (QED) is 0.452. The minimum atomic E-state index is -0.791. The maximum atomic E-state index is 13.2. The molecule has 0 unspecified atom stereocenters. The van der Waals surface area contributed by atoms with Crippen LogP contribution in [0.2, 0.25) is 5.02 Å². The van der Waals surface area contributed by atoms with E-state index in [1.807, 2.05) is 52.0 Å². The average Bonchev–Trinajstić information content (AvgIpc) is 3.00. The Bertz CT molecular complexity index is 1280. The molecule has 2 aromatic carbocycles. The number of urea groups is 1. The third-order valence-corrected chi connectivity index (χ3v) is 5.87. The van der Waals surface area contributed by atoms with Crippen LogP contribution >= 0.6 is 11.6 Å².